The summed E-state index contributed by atoms with van der Waals surface area (Å²) in [5.41, 5.74) is 2.28. The molecule has 8 nitrogen and oxygen atoms in total. The minimum absolute atomic E-state index is 0.0989. The molecule has 0 atom stereocenters. The smallest absolute Gasteiger partial charge is 0.339 e. The van der Waals surface area contributed by atoms with E-state index in [0.29, 0.717) is 39.0 Å². The molecule has 0 unspecified atom stereocenters. The van der Waals surface area contributed by atoms with Crippen molar-refractivity contribution < 1.29 is 19.1 Å². The van der Waals surface area contributed by atoms with Crippen molar-refractivity contribution in [3.63, 3.8) is 0 Å². The first-order valence-corrected chi connectivity index (χ1v) is 10.4. The number of rotatable bonds is 7. The molecule has 0 spiro atoms. The van der Waals surface area contributed by atoms with Gasteiger partial charge in [0.2, 0.25) is 0 Å². The molecule has 1 fully saturated rings. The zero-order valence-electron chi connectivity index (χ0n) is 17.5. The quantitative estimate of drug-likeness (QED) is 0.546. The number of esters is 1. The summed E-state index contributed by atoms with van der Waals surface area (Å²) in [5, 5.41) is 8.09. The summed E-state index contributed by atoms with van der Waals surface area (Å²) in [6.07, 6.45) is 3.71. The van der Waals surface area contributed by atoms with Crippen molar-refractivity contribution in [2.45, 2.75) is 38.6 Å². The number of nitrogens with one attached hydrogen (secondary N) is 1. The topological polar surface area (TPSA) is 95.3 Å². The highest BCUT2D eigenvalue weighted by atomic mass is 35.5. The van der Waals surface area contributed by atoms with Crippen molar-refractivity contribution in [3.05, 3.63) is 46.7 Å². The molecule has 1 aliphatic rings. The summed E-state index contributed by atoms with van der Waals surface area (Å²) < 4.78 is 12.3. The maximum Gasteiger partial charge on any atom is 0.339 e. The Hall–Kier alpha value is -3.13. The van der Waals surface area contributed by atoms with Gasteiger partial charge in [-0.1, -0.05) is 11.6 Å². The Balaban J connectivity index is 1.52. The second-order valence-corrected chi connectivity index (χ2v) is 8.19. The fourth-order valence-corrected chi connectivity index (χ4v) is 3.52. The van der Waals surface area contributed by atoms with Gasteiger partial charge < -0.3 is 14.8 Å². The Morgan fingerprint density at radius 3 is 2.74 bits per heavy atom. The van der Waals surface area contributed by atoms with Crippen molar-refractivity contribution in [1.29, 1.82) is 0 Å². The molecule has 1 aliphatic carbocycles. The van der Waals surface area contributed by atoms with Crippen LogP contribution in [-0.4, -0.2) is 40.4 Å². The Kier molecular flexibility index (Phi) is 5.82. The van der Waals surface area contributed by atoms with Crippen LogP contribution < -0.4 is 10.1 Å². The number of pyridine rings is 1. The lowest BCUT2D eigenvalue weighted by Crippen LogP contribution is -2.21. The monoisotopic (exact) mass is 442 g/mol. The zero-order valence-corrected chi connectivity index (χ0v) is 18.3. The molecule has 4 rings (SSSR count). The maximum atomic E-state index is 12.9. The Morgan fingerprint density at radius 1 is 1.29 bits per heavy atom. The Labute approximate surface area is 184 Å². The summed E-state index contributed by atoms with van der Waals surface area (Å²) in [6, 6.07) is 6.71. The highest BCUT2D eigenvalue weighted by Crippen LogP contribution is 2.40. The lowest BCUT2D eigenvalue weighted by Gasteiger charge is -2.12. The SMILES string of the molecule is COc1ccc(Cl)cc1NC(=O)COC(=O)c1cc(C2CC2)nc2c1cnn2C(C)C. The average molecular weight is 443 g/mol. The third kappa shape index (κ3) is 4.49. The highest BCUT2D eigenvalue weighted by Gasteiger charge is 2.28. The molecule has 1 N–H and O–H groups in total. The molecule has 9 heteroatoms. The van der Waals surface area contributed by atoms with Crippen molar-refractivity contribution in [3.8, 4) is 5.75 Å². The van der Waals surface area contributed by atoms with Gasteiger partial charge in [-0.2, -0.15) is 5.10 Å². The number of aromatic nitrogens is 3. The van der Waals surface area contributed by atoms with E-state index in [1.54, 1.807) is 35.1 Å². The largest absolute Gasteiger partial charge is 0.495 e. The summed E-state index contributed by atoms with van der Waals surface area (Å²) in [4.78, 5) is 29.9. The fourth-order valence-electron chi connectivity index (χ4n) is 3.35. The predicted molar refractivity (Wildman–Crippen MR) is 117 cm³/mol. The van der Waals surface area contributed by atoms with Crippen LogP contribution in [0.2, 0.25) is 5.02 Å². The van der Waals surface area contributed by atoms with Crippen LogP contribution in [0.1, 0.15) is 54.7 Å². The third-order valence-electron chi connectivity index (χ3n) is 5.06. The minimum Gasteiger partial charge on any atom is -0.495 e. The standard InChI is InChI=1S/C22H23ClN4O4/c1-12(2)27-21-16(10-24-27)15(9-17(26-21)13-4-5-13)22(29)31-11-20(28)25-18-8-14(23)6-7-19(18)30-3/h6-10,12-13H,4-5,11H2,1-3H3,(H,25,28). The van der Waals surface area contributed by atoms with Gasteiger partial charge in [-0.15, -0.1) is 0 Å². The van der Waals surface area contributed by atoms with Gasteiger partial charge in [0.05, 0.1) is 29.9 Å². The van der Waals surface area contributed by atoms with Gasteiger partial charge in [-0.25, -0.2) is 14.5 Å². The molecule has 1 amide bonds. The van der Waals surface area contributed by atoms with Gasteiger partial charge >= 0.3 is 5.97 Å². The molecule has 2 aromatic heterocycles. The average Bonchev–Trinajstić information content (AvgIpc) is 3.50. The van der Waals surface area contributed by atoms with Gasteiger partial charge in [0.15, 0.2) is 12.3 Å². The van der Waals surface area contributed by atoms with E-state index in [0.717, 1.165) is 18.5 Å². The number of benzene rings is 1. The van der Waals surface area contributed by atoms with Gasteiger partial charge in [-0.3, -0.25) is 4.79 Å². The maximum absolute atomic E-state index is 12.9. The van der Waals surface area contributed by atoms with E-state index in [9.17, 15) is 9.59 Å². The van der Waals surface area contributed by atoms with Crippen LogP contribution in [0.15, 0.2) is 30.5 Å². The molecule has 3 aromatic rings. The number of carbonyl (C=O) groups excluding carboxylic acids is 2. The van der Waals surface area contributed by atoms with E-state index >= 15 is 0 Å². The number of carbonyl (C=O) groups is 2. The number of anilines is 1. The van der Waals surface area contributed by atoms with E-state index in [4.69, 9.17) is 26.1 Å². The minimum atomic E-state index is -0.592. The van der Waals surface area contributed by atoms with Crippen molar-refractivity contribution in [1.82, 2.24) is 14.8 Å². The predicted octanol–water partition coefficient (Wildman–Crippen LogP) is 4.35. The second kappa shape index (κ2) is 8.55. The van der Waals surface area contributed by atoms with E-state index < -0.39 is 18.5 Å². The molecule has 162 valence electrons. The molecule has 0 bridgehead atoms. The summed E-state index contributed by atoms with van der Waals surface area (Å²) >= 11 is 5.98. The third-order valence-corrected chi connectivity index (χ3v) is 5.30. The summed E-state index contributed by atoms with van der Waals surface area (Å²) in [5.74, 6) is -0.287. The van der Waals surface area contributed by atoms with Crippen LogP contribution in [0.5, 0.6) is 5.75 Å². The van der Waals surface area contributed by atoms with Gasteiger partial charge in [0, 0.05) is 22.7 Å². The fraction of sp³-hybridized carbons (Fsp3) is 0.364. The molecule has 0 radical (unpaired) electrons. The first-order chi connectivity index (χ1) is 14.9. The van der Waals surface area contributed by atoms with Gasteiger partial charge in [0.25, 0.3) is 5.91 Å². The van der Waals surface area contributed by atoms with E-state index in [1.807, 2.05) is 13.8 Å². The number of amides is 1. The van der Waals surface area contributed by atoms with E-state index in [-0.39, 0.29) is 6.04 Å². The zero-order chi connectivity index (χ0) is 22.1. The molecule has 2 heterocycles. The van der Waals surface area contributed by atoms with E-state index in [1.165, 1.54) is 7.11 Å². The van der Waals surface area contributed by atoms with Crippen LogP contribution in [0.3, 0.4) is 0 Å². The number of halogens is 1. The van der Waals surface area contributed by atoms with Gasteiger partial charge in [0.1, 0.15) is 5.75 Å². The highest BCUT2D eigenvalue weighted by molar-refractivity contribution is 6.31. The number of hydrogen-bond acceptors (Lipinski definition) is 6. The summed E-state index contributed by atoms with van der Waals surface area (Å²) in [7, 11) is 1.49. The first-order valence-electron chi connectivity index (χ1n) is 10.1. The number of hydrogen-bond donors (Lipinski definition) is 1. The molecule has 31 heavy (non-hydrogen) atoms. The van der Waals surface area contributed by atoms with Crippen LogP contribution in [0.4, 0.5) is 5.69 Å². The lowest BCUT2D eigenvalue weighted by atomic mass is 10.1. The second-order valence-electron chi connectivity index (χ2n) is 7.76. The normalized spacial score (nSPS) is 13.5. The molecule has 1 aromatic carbocycles. The Morgan fingerprint density at radius 2 is 2.06 bits per heavy atom. The lowest BCUT2D eigenvalue weighted by molar-refractivity contribution is -0.119. The molecular formula is C22H23ClN4O4. The van der Waals surface area contributed by atoms with E-state index in [2.05, 4.69) is 10.4 Å². The number of ether oxygens (including phenoxy) is 2. The molecule has 0 saturated heterocycles. The van der Waals surface area contributed by atoms with Crippen LogP contribution in [-0.2, 0) is 9.53 Å². The van der Waals surface area contributed by atoms with Crippen LogP contribution >= 0.6 is 11.6 Å². The van der Waals surface area contributed by atoms with Crippen LogP contribution in [0.25, 0.3) is 11.0 Å². The van der Waals surface area contributed by atoms with Gasteiger partial charge in [-0.05, 0) is 51.0 Å². The summed E-state index contributed by atoms with van der Waals surface area (Å²) in [6.45, 7) is 3.56. The number of nitrogens with zero attached hydrogens (tertiary/aromatic N) is 3. The van der Waals surface area contributed by atoms with Crippen LogP contribution in [0, 0.1) is 0 Å². The molecule has 1 saturated carbocycles. The Bertz CT molecular complexity index is 1150. The first kappa shape index (κ1) is 21.1. The number of methoxy groups -OCH3 is 1. The van der Waals surface area contributed by atoms with Crippen molar-refractivity contribution in [2.75, 3.05) is 19.0 Å². The number of fused-ring (bicyclic) bond motifs is 1. The van der Waals surface area contributed by atoms with Crippen molar-refractivity contribution >= 4 is 40.2 Å². The molecular weight excluding hydrogens is 420 g/mol. The van der Waals surface area contributed by atoms with Crippen molar-refractivity contribution in [2.24, 2.45) is 0 Å². The molecule has 0 aliphatic heterocycles.